The number of allylic oxidation sites excluding steroid dienone is 4. The van der Waals surface area contributed by atoms with Crippen molar-refractivity contribution in [3.05, 3.63) is 84.0 Å². The Morgan fingerprint density at radius 3 is 2.88 bits per heavy atom. The molecule has 26 heavy (non-hydrogen) atoms. The highest BCUT2D eigenvalue weighted by molar-refractivity contribution is 5.99. The predicted octanol–water partition coefficient (Wildman–Crippen LogP) is 5.57. The average Bonchev–Trinajstić information content (AvgIpc) is 3.58. The molecule has 3 unspecified atom stereocenters. The summed E-state index contributed by atoms with van der Waals surface area (Å²) in [4.78, 5) is 4.27. The molecule has 0 amide bonds. The van der Waals surface area contributed by atoms with Gasteiger partial charge in [0.05, 0.1) is 18.0 Å². The molecule has 0 spiro atoms. The molecule has 2 aromatic heterocycles. The van der Waals surface area contributed by atoms with E-state index in [0.29, 0.717) is 5.92 Å². The van der Waals surface area contributed by atoms with Gasteiger partial charge in [-0.1, -0.05) is 43.3 Å². The first-order chi connectivity index (χ1) is 12.8. The van der Waals surface area contributed by atoms with Gasteiger partial charge in [-0.3, -0.25) is 0 Å². The lowest BCUT2D eigenvalue weighted by molar-refractivity contribution is 0.889. The minimum Gasteiger partial charge on any atom is -0.306 e. The molecule has 6 rings (SSSR count). The summed E-state index contributed by atoms with van der Waals surface area (Å²) in [5.41, 5.74) is 8.36. The Bertz CT molecular complexity index is 1080. The highest BCUT2D eigenvalue weighted by Crippen LogP contribution is 2.59. The number of hydrogen-bond donors (Lipinski definition) is 0. The molecule has 3 aliphatic rings. The van der Waals surface area contributed by atoms with E-state index in [1.165, 1.54) is 35.1 Å². The smallest absolute Gasteiger partial charge is 0.0991 e. The Morgan fingerprint density at radius 2 is 2.00 bits per heavy atom. The van der Waals surface area contributed by atoms with Crippen molar-refractivity contribution < 1.29 is 0 Å². The van der Waals surface area contributed by atoms with E-state index in [1.54, 1.807) is 5.57 Å². The van der Waals surface area contributed by atoms with Crippen LogP contribution in [0.5, 0.6) is 0 Å². The molecule has 128 valence electrons. The molecule has 2 nitrogen and oxygen atoms in total. The van der Waals surface area contributed by atoms with Crippen LogP contribution in [0.1, 0.15) is 42.4 Å². The molecule has 3 atom stereocenters. The molecule has 0 saturated heterocycles. The molecule has 0 bridgehead atoms. The van der Waals surface area contributed by atoms with E-state index >= 15 is 0 Å². The zero-order chi connectivity index (χ0) is 17.3. The molecular formula is C24H22N2. The van der Waals surface area contributed by atoms with Gasteiger partial charge in [0.2, 0.25) is 0 Å². The van der Waals surface area contributed by atoms with Crippen LogP contribution in [0.15, 0.2) is 67.3 Å². The monoisotopic (exact) mass is 338 g/mol. The van der Waals surface area contributed by atoms with Crippen molar-refractivity contribution in [2.75, 3.05) is 0 Å². The molecule has 2 saturated carbocycles. The van der Waals surface area contributed by atoms with Crippen LogP contribution >= 0.6 is 0 Å². The van der Waals surface area contributed by atoms with Crippen LogP contribution in [0.3, 0.4) is 0 Å². The standard InChI is InChI=1S/C24H22N2/c1-15-21-7-8-22(18-9-10-26-14-25-13-20(26)12-18)24(23(15)21)19-4-2-3-17(11-19)16-5-6-16/h2-4,7-16,21,23H,5-6H2,1H3. The van der Waals surface area contributed by atoms with Gasteiger partial charge < -0.3 is 4.40 Å². The third-order valence-electron chi connectivity index (χ3n) is 6.53. The summed E-state index contributed by atoms with van der Waals surface area (Å²) in [6, 6.07) is 13.9. The van der Waals surface area contributed by atoms with E-state index in [9.17, 15) is 0 Å². The number of nitrogens with zero attached hydrogens (tertiary/aromatic N) is 2. The van der Waals surface area contributed by atoms with Crippen molar-refractivity contribution in [3.63, 3.8) is 0 Å². The van der Waals surface area contributed by atoms with Crippen LogP contribution in [0.4, 0.5) is 0 Å². The summed E-state index contributed by atoms with van der Waals surface area (Å²) in [5.74, 6) is 2.94. The van der Waals surface area contributed by atoms with Gasteiger partial charge in [-0.15, -0.1) is 0 Å². The zero-order valence-corrected chi connectivity index (χ0v) is 15.0. The molecule has 0 radical (unpaired) electrons. The fourth-order valence-corrected chi connectivity index (χ4v) is 4.78. The highest BCUT2D eigenvalue weighted by Gasteiger charge is 2.49. The minimum absolute atomic E-state index is 0.672. The van der Waals surface area contributed by atoms with Gasteiger partial charge in [0.15, 0.2) is 0 Å². The zero-order valence-electron chi connectivity index (χ0n) is 15.0. The van der Waals surface area contributed by atoms with Gasteiger partial charge in [0.1, 0.15) is 0 Å². The topological polar surface area (TPSA) is 17.3 Å². The summed E-state index contributed by atoms with van der Waals surface area (Å²) in [5, 5.41) is 0. The van der Waals surface area contributed by atoms with Gasteiger partial charge in [-0.05, 0) is 76.5 Å². The fraction of sp³-hybridized carbons (Fsp3) is 0.292. The first-order valence-electron chi connectivity index (χ1n) is 9.74. The van der Waals surface area contributed by atoms with E-state index in [2.05, 4.69) is 71.1 Å². The normalized spacial score (nSPS) is 27.0. The summed E-state index contributed by atoms with van der Waals surface area (Å²) in [6.07, 6.45) is 13.4. The first-order valence-corrected chi connectivity index (χ1v) is 9.74. The number of rotatable bonds is 3. The summed E-state index contributed by atoms with van der Waals surface area (Å²) >= 11 is 0. The first kappa shape index (κ1) is 14.5. The quantitative estimate of drug-likeness (QED) is 0.610. The number of benzene rings is 1. The summed E-state index contributed by atoms with van der Waals surface area (Å²) in [6.45, 7) is 2.40. The molecular weight excluding hydrogens is 316 g/mol. The third kappa shape index (κ3) is 2.14. The molecule has 1 aromatic carbocycles. The molecule has 2 heterocycles. The summed E-state index contributed by atoms with van der Waals surface area (Å²) < 4.78 is 2.08. The Balaban J connectivity index is 1.54. The second kappa shape index (κ2) is 5.20. The van der Waals surface area contributed by atoms with Crippen LogP contribution in [-0.2, 0) is 0 Å². The molecule has 0 N–H and O–H groups in total. The molecule has 2 fully saturated rings. The lowest BCUT2D eigenvalue weighted by Crippen LogP contribution is -2.00. The van der Waals surface area contributed by atoms with Crippen molar-refractivity contribution in [1.82, 2.24) is 9.38 Å². The molecule has 2 heteroatoms. The van der Waals surface area contributed by atoms with Crippen LogP contribution in [-0.4, -0.2) is 9.38 Å². The number of fused-ring (bicyclic) bond motifs is 2. The number of hydrogen-bond acceptors (Lipinski definition) is 1. The predicted molar refractivity (Wildman–Crippen MR) is 106 cm³/mol. The van der Waals surface area contributed by atoms with Gasteiger partial charge in [-0.25, -0.2) is 4.98 Å². The SMILES string of the molecule is CC1C2C=CC(c3ccn4cncc4c3)=C(c3cccc(C4CC4)c3)C12. The van der Waals surface area contributed by atoms with E-state index in [0.717, 1.165) is 23.3 Å². The van der Waals surface area contributed by atoms with E-state index < -0.39 is 0 Å². The van der Waals surface area contributed by atoms with Gasteiger partial charge in [-0.2, -0.15) is 0 Å². The second-order valence-corrected chi connectivity index (χ2v) is 8.19. The van der Waals surface area contributed by atoms with Crippen molar-refractivity contribution in [1.29, 1.82) is 0 Å². The Kier molecular flexibility index (Phi) is 2.91. The van der Waals surface area contributed by atoms with Crippen LogP contribution in [0.25, 0.3) is 16.7 Å². The number of imidazole rings is 1. The van der Waals surface area contributed by atoms with Crippen molar-refractivity contribution in [3.8, 4) is 0 Å². The highest BCUT2D eigenvalue weighted by atomic mass is 15.0. The lowest BCUT2D eigenvalue weighted by Gasteiger charge is -2.18. The van der Waals surface area contributed by atoms with Gasteiger partial charge >= 0.3 is 0 Å². The summed E-state index contributed by atoms with van der Waals surface area (Å²) in [7, 11) is 0. The fourth-order valence-electron chi connectivity index (χ4n) is 4.78. The molecule has 3 aliphatic carbocycles. The van der Waals surface area contributed by atoms with E-state index in [4.69, 9.17) is 0 Å². The van der Waals surface area contributed by atoms with E-state index in [-0.39, 0.29) is 0 Å². The maximum Gasteiger partial charge on any atom is 0.0991 e. The molecule has 3 aromatic rings. The minimum atomic E-state index is 0.672. The number of pyridine rings is 1. The van der Waals surface area contributed by atoms with Crippen molar-refractivity contribution in [2.24, 2.45) is 17.8 Å². The number of aromatic nitrogens is 2. The largest absolute Gasteiger partial charge is 0.306 e. The average molecular weight is 338 g/mol. The van der Waals surface area contributed by atoms with E-state index in [1.807, 2.05) is 12.5 Å². The van der Waals surface area contributed by atoms with Gasteiger partial charge in [0.25, 0.3) is 0 Å². The van der Waals surface area contributed by atoms with Crippen molar-refractivity contribution in [2.45, 2.75) is 25.7 Å². The maximum absolute atomic E-state index is 4.27. The maximum atomic E-state index is 4.27. The molecule has 0 aliphatic heterocycles. The van der Waals surface area contributed by atoms with Crippen LogP contribution in [0, 0.1) is 17.8 Å². The lowest BCUT2D eigenvalue weighted by atomic mass is 9.86. The second-order valence-electron chi connectivity index (χ2n) is 8.19. The Labute approximate surface area is 153 Å². The van der Waals surface area contributed by atoms with Crippen LogP contribution in [0.2, 0.25) is 0 Å². The van der Waals surface area contributed by atoms with Crippen molar-refractivity contribution >= 4 is 16.7 Å². The van der Waals surface area contributed by atoms with Crippen LogP contribution < -0.4 is 0 Å². The Morgan fingerprint density at radius 1 is 1.08 bits per heavy atom. The third-order valence-corrected chi connectivity index (χ3v) is 6.53. The van der Waals surface area contributed by atoms with Gasteiger partial charge in [0, 0.05) is 6.20 Å². The Hall–Kier alpha value is -2.61.